The number of amides is 2. The van der Waals surface area contributed by atoms with E-state index in [4.69, 9.17) is 4.74 Å². The largest absolute Gasteiger partial charge is 0.372 e. The predicted octanol–water partition coefficient (Wildman–Crippen LogP) is 1.61. The van der Waals surface area contributed by atoms with Crippen LogP contribution < -0.4 is 10.6 Å². The van der Waals surface area contributed by atoms with Gasteiger partial charge in [0.25, 0.3) is 5.91 Å². The van der Waals surface area contributed by atoms with Crippen LogP contribution in [-0.4, -0.2) is 24.9 Å². The Morgan fingerprint density at radius 1 is 1.24 bits per heavy atom. The van der Waals surface area contributed by atoms with Gasteiger partial charge >= 0.3 is 0 Å². The molecule has 2 N–H and O–H groups in total. The van der Waals surface area contributed by atoms with Crippen molar-refractivity contribution in [2.45, 2.75) is 39.5 Å². The Labute approximate surface area is 125 Å². The molecule has 1 aliphatic heterocycles. The van der Waals surface area contributed by atoms with E-state index in [1.165, 1.54) is 0 Å². The maximum atomic E-state index is 12.3. The quantitative estimate of drug-likeness (QED) is 0.865. The molecule has 0 spiro atoms. The first kappa shape index (κ1) is 15.5. The fourth-order valence-electron chi connectivity index (χ4n) is 2.43. The molecule has 1 heterocycles. The van der Waals surface area contributed by atoms with Crippen LogP contribution in [0.3, 0.4) is 0 Å². The average molecular weight is 290 g/mol. The first-order valence-electron chi connectivity index (χ1n) is 7.23. The van der Waals surface area contributed by atoms with Crippen LogP contribution >= 0.6 is 0 Å². The van der Waals surface area contributed by atoms with E-state index in [-0.39, 0.29) is 11.8 Å². The third-order valence-corrected chi connectivity index (χ3v) is 3.56. The van der Waals surface area contributed by atoms with Crippen molar-refractivity contribution in [2.24, 2.45) is 5.92 Å². The smallest absolute Gasteiger partial charge is 0.251 e. The standard InChI is InChI=1S/C16H22N2O3/c1-10(2)6-14(16(20)17-3)18-15(19)11-4-5-12-8-21-9-13(12)7-11/h4-5,7,10,14H,6,8-9H2,1-3H3,(H,17,20)(H,18,19)/t14-/m1/s1. The summed E-state index contributed by atoms with van der Waals surface area (Å²) in [5, 5.41) is 5.41. The minimum atomic E-state index is -0.507. The van der Waals surface area contributed by atoms with Gasteiger partial charge in [-0.05, 0) is 35.6 Å². The fourth-order valence-corrected chi connectivity index (χ4v) is 2.43. The van der Waals surface area contributed by atoms with Gasteiger partial charge in [0.1, 0.15) is 6.04 Å². The lowest BCUT2D eigenvalue weighted by atomic mass is 10.0. The summed E-state index contributed by atoms with van der Waals surface area (Å²) in [5.74, 6) is -0.0680. The highest BCUT2D eigenvalue weighted by molar-refractivity contribution is 5.97. The number of benzene rings is 1. The minimum Gasteiger partial charge on any atom is -0.372 e. The van der Waals surface area contributed by atoms with Crippen LogP contribution in [0.15, 0.2) is 18.2 Å². The minimum absolute atomic E-state index is 0.165. The molecule has 1 atom stereocenters. The maximum absolute atomic E-state index is 12.3. The zero-order chi connectivity index (χ0) is 15.4. The van der Waals surface area contributed by atoms with Gasteiger partial charge in [-0.1, -0.05) is 19.9 Å². The maximum Gasteiger partial charge on any atom is 0.251 e. The van der Waals surface area contributed by atoms with E-state index in [1.54, 1.807) is 13.1 Å². The summed E-state index contributed by atoms with van der Waals surface area (Å²) in [7, 11) is 1.58. The normalized spacial score (nSPS) is 14.7. The van der Waals surface area contributed by atoms with Crippen LogP contribution in [-0.2, 0) is 22.7 Å². The molecule has 2 amide bonds. The number of hydrogen-bond acceptors (Lipinski definition) is 3. The van der Waals surface area contributed by atoms with Crippen LogP contribution in [0.4, 0.5) is 0 Å². The van der Waals surface area contributed by atoms with Crippen molar-refractivity contribution in [1.82, 2.24) is 10.6 Å². The van der Waals surface area contributed by atoms with Crippen molar-refractivity contribution in [3.8, 4) is 0 Å². The Kier molecular flexibility index (Phi) is 4.96. The third-order valence-electron chi connectivity index (χ3n) is 3.56. The summed E-state index contributed by atoms with van der Waals surface area (Å²) in [6.45, 7) is 5.19. The summed E-state index contributed by atoms with van der Waals surface area (Å²) in [4.78, 5) is 24.2. The van der Waals surface area contributed by atoms with Crippen molar-refractivity contribution >= 4 is 11.8 Å². The lowest BCUT2D eigenvalue weighted by molar-refractivity contribution is -0.122. The molecular formula is C16H22N2O3. The van der Waals surface area contributed by atoms with Gasteiger partial charge in [-0.15, -0.1) is 0 Å². The molecule has 0 radical (unpaired) electrons. The number of hydrogen-bond donors (Lipinski definition) is 2. The second kappa shape index (κ2) is 6.72. The van der Waals surface area contributed by atoms with Crippen molar-refractivity contribution < 1.29 is 14.3 Å². The number of nitrogens with one attached hydrogen (secondary N) is 2. The molecule has 0 aromatic heterocycles. The van der Waals surface area contributed by atoms with Gasteiger partial charge in [0.2, 0.25) is 5.91 Å². The molecule has 5 heteroatoms. The molecule has 0 saturated carbocycles. The molecule has 0 unspecified atom stereocenters. The lowest BCUT2D eigenvalue weighted by Gasteiger charge is -2.19. The van der Waals surface area contributed by atoms with E-state index in [0.29, 0.717) is 31.1 Å². The highest BCUT2D eigenvalue weighted by atomic mass is 16.5. The number of likely N-dealkylation sites (N-methyl/N-ethyl adjacent to an activating group) is 1. The summed E-state index contributed by atoms with van der Waals surface area (Å²) in [6.07, 6.45) is 0.611. The second-order valence-corrected chi connectivity index (χ2v) is 5.75. The van der Waals surface area contributed by atoms with Crippen molar-refractivity contribution in [2.75, 3.05) is 7.05 Å². The molecule has 0 saturated heterocycles. The zero-order valence-corrected chi connectivity index (χ0v) is 12.7. The van der Waals surface area contributed by atoms with E-state index >= 15 is 0 Å². The third kappa shape index (κ3) is 3.82. The van der Waals surface area contributed by atoms with Gasteiger partial charge in [-0.2, -0.15) is 0 Å². The molecule has 0 aliphatic carbocycles. The first-order chi connectivity index (χ1) is 10.0. The molecule has 5 nitrogen and oxygen atoms in total. The van der Waals surface area contributed by atoms with Crippen LogP contribution in [0.25, 0.3) is 0 Å². The Hall–Kier alpha value is -1.88. The Balaban J connectivity index is 2.09. The average Bonchev–Trinajstić information content (AvgIpc) is 2.92. The highest BCUT2D eigenvalue weighted by Gasteiger charge is 2.22. The molecule has 2 rings (SSSR count). The lowest BCUT2D eigenvalue weighted by Crippen LogP contribution is -2.46. The molecule has 114 valence electrons. The van der Waals surface area contributed by atoms with Crippen molar-refractivity contribution in [3.05, 3.63) is 34.9 Å². The number of fused-ring (bicyclic) bond motifs is 1. The predicted molar refractivity (Wildman–Crippen MR) is 79.7 cm³/mol. The first-order valence-corrected chi connectivity index (χ1v) is 7.23. The number of carbonyl (C=O) groups is 2. The van der Waals surface area contributed by atoms with Crippen LogP contribution in [0.1, 0.15) is 41.8 Å². The molecular weight excluding hydrogens is 268 g/mol. The Morgan fingerprint density at radius 3 is 2.62 bits per heavy atom. The summed E-state index contributed by atoms with van der Waals surface area (Å²) >= 11 is 0. The Bertz CT molecular complexity index is 540. The van der Waals surface area contributed by atoms with Gasteiger partial charge in [-0.25, -0.2) is 0 Å². The van der Waals surface area contributed by atoms with E-state index in [1.807, 2.05) is 26.0 Å². The second-order valence-electron chi connectivity index (χ2n) is 5.75. The summed E-state index contributed by atoms with van der Waals surface area (Å²) in [5.41, 5.74) is 2.73. The summed E-state index contributed by atoms with van der Waals surface area (Å²) < 4.78 is 5.34. The molecule has 1 aromatic carbocycles. The topological polar surface area (TPSA) is 67.4 Å². The van der Waals surface area contributed by atoms with Gasteiger partial charge in [0, 0.05) is 12.6 Å². The monoisotopic (exact) mass is 290 g/mol. The number of rotatable bonds is 5. The van der Waals surface area contributed by atoms with Gasteiger partial charge < -0.3 is 15.4 Å². The molecule has 1 aliphatic rings. The van der Waals surface area contributed by atoms with Crippen LogP contribution in [0, 0.1) is 5.92 Å². The van der Waals surface area contributed by atoms with Gasteiger partial charge in [0.05, 0.1) is 13.2 Å². The molecule has 0 fully saturated rings. The number of ether oxygens (including phenoxy) is 1. The van der Waals surface area contributed by atoms with Crippen molar-refractivity contribution in [3.63, 3.8) is 0 Å². The van der Waals surface area contributed by atoms with E-state index in [9.17, 15) is 9.59 Å². The zero-order valence-electron chi connectivity index (χ0n) is 12.7. The van der Waals surface area contributed by atoms with Gasteiger partial charge in [-0.3, -0.25) is 9.59 Å². The molecule has 0 bridgehead atoms. The number of carbonyl (C=O) groups excluding carboxylic acids is 2. The SMILES string of the molecule is CNC(=O)[C@@H](CC(C)C)NC(=O)c1ccc2c(c1)COC2. The van der Waals surface area contributed by atoms with E-state index in [0.717, 1.165) is 11.1 Å². The van der Waals surface area contributed by atoms with Crippen LogP contribution in [0.5, 0.6) is 0 Å². The van der Waals surface area contributed by atoms with Gasteiger partial charge in [0.15, 0.2) is 0 Å². The van der Waals surface area contributed by atoms with E-state index < -0.39 is 6.04 Å². The van der Waals surface area contributed by atoms with E-state index in [2.05, 4.69) is 10.6 Å². The van der Waals surface area contributed by atoms with Crippen LogP contribution in [0.2, 0.25) is 0 Å². The Morgan fingerprint density at radius 2 is 1.95 bits per heavy atom. The highest BCUT2D eigenvalue weighted by Crippen LogP contribution is 2.21. The fraction of sp³-hybridized carbons (Fsp3) is 0.500. The molecule has 1 aromatic rings. The summed E-state index contributed by atoms with van der Waals surface area (Å²) in [6, 6.07) is 5.02. The molecule has 21 heavy (non-hydrogen) atoms. The van der Waals surface area contributed by atoms with Crippen molar-refractivity contribution in [1.29, 1.82) is 0 Å².